The van der Waals surface area contributed by atoms with Crippen molar-refractivity contribution < 1.29 is 0 Å². The lowest BCUT2D eigenvalue weighted by Crippen LogP contribution is -2.10. The van der Waals surface area contributed by atoms with Crippen LogP contribution in [0.25, 0.3) is 16.6 Å². The van der Waals surface area contributed by atoms with E-state index in [1.807, 2.05) is 29.1 Å². The van der Waals surface area contributed by atoms with Crippen molar-refractivity contribution in [3.05, 3.63) is 78.1 Å². The molecule has 0 spiro atoms. The summed E-state index contributed by atoms with van der Waals surface area (Å²) in [5.41, 5.74) is 4.54. The van der Waals surface area contributed by atoms with Gasteiger partial charge in [0.2, 0.25) is 0 Å². The first-order valence-electron chi connectivity index (χ1n) is 10.3. The van der Waals surface area contributed by atoms with Crippen LogP contribution in [0.15, 0.2) is 71.8 Å². The number of aromatic nitrogens is 3. The van der Waals surface area contributed by atoms with E-state index in [4.69, 9.17) is 5.10 Å². The van der Waals surface area contributed by atoms with Gasteiger partial charge in [-0.15, -0.1) is 0 Å². The number of pyridine rings is 1. The zero-order chi connectivity index (χ0) is 21.3. The number of benzene rings is 2. The molecule has 4 aromatic rings. The number of nitrogens with zero attached hydrogens (tertiary/aromatic N) is 3. The van der Waals surface area contributed by atoms with E-state index in [1.54, 1.807) is 11.9 Å². The van der Waals surface area contributed by atoms with Gasteiger partial charge in [-0.2, -0.15) is 5.10 Å². The van der Waals surface area contributed by atoms with Crippen LogP contribution in [0.5, 0.6) is 0 Å². The average molecular weight is 417 g/mol. The molecule has 0 fully saturated rings. The number of fused-ring (bicyclic) bond motifs is 1. The molecule has 0 aliphatic heterocycles. The Kier molecular flexibility index (Phi) is 5.56. The van der Waals surface area contributed by atoms with E-state index in [1.165, 1.54) is 10.5 Å². The molecular formula is C25H28N4S. The summed E-state index contributed by atoms with van der Waals surface area (Å²) in [7, 11) is 0. The molecule has 0 saturated heterocycles. The summed E-state index contributed by atoms with van der Waals surface area (Å²) >= 11 is 1.61. The molecule has 0 saturated carbocycles. The Hall–Kier alpha value is -2.79. The van der Waals surface area contributed by atoms with Crippen molar-refractivity contribution in [2.24, 2.45) is 0 Å². The van der Waals surface area contributed by atoms with Crippen LogP contribution in [-0.2, 0) is 5.41 Å². The van der Waals surface area contributed by atoms with Crippen molar-refractivity contribution >= 4 is 28.7 Å². The third kappa shape index (κ3) is 4.21. The Morgan fingerprint density at radius 1 is 0.967 bits per heavy atom. The van der Waals surface area contributed by atoms with E-state index < -0.39 is 0 Å². The molecule has 0 amide bonds. The van der Waals surface area contributed by atoms with E-state index >= 15 is 0 Å². The van der Waals surface area contributed by atoms with E-state index in [-0.39, 0.29) is 5.41 Å². The van der Waals surface area contributed by atoms with Crippen LogP contribution in [0, 0.1) is 0 Å². The quantitative estimate of drug-likeness (QED) is 0.357. The SMILES string of the molecule is CC(C)c1cc(NSc2ccc(C(C)(C)C)cc2)n(-c2cccc3ncccc23)n1. The van der Waals surface area contributed by atoms with Gasteiger partial charge < -0.3 is 4.72 Å². The minimum Gasteiger partial charge on any atom is -0.310 e. The second-order valence-electron chi connectivity index (χ2n) is 8.85. The minimum absolute atomic E-state index is 0.157. The van der Waals surface area contributed by atoms with Crippen LogP contribution in [0.2, 0.25) is 0 Å². The summed E-state index contributed by atoms with van der Waals surface area (Å²) in [5, 5.41) is 5.99. The molecular weight excluding hydrogens is 388 g/mol. The van der Waals surface area contributed by atoms with Gasteiger partial charge in [-0.3, -0.25) is 4.98 Å². The van der Waals surface area contributed by atoms with Gasteiger partial charge in [-0.1, -0.05) is 52.8 Å². The summed E-state index contributed by atoms with van der Waals surface area (Å²) in [6, 6.07) is 21.1. The third-order valence-corrected chi connectivity index (χ3v) is 5.98. The van der Waals surface area contributed by atoms with Crippen molar-refractivity contribution in [3.63, 3.8) is 0 Å². The zero-order valence-corrected chi connectivity index (χ0v) is 19.0. The Balaban J connectivity index is 1.67. The normalized spacial score (nSPS) is 11.9. The molecule has 0 unspecified atom stereocenters. The molecule has 154 valence electrons. The molecule has 0 aliphatic rings. The van der Waals surface area contributed by atoms with Crippen molar-refractivity contribution in [3.8, 4) is 5.69 Å². The Bertz CT molecular complexity index is 1150. The number of anilines is 1. The van der Waals surface area contributed by atoms with Gasteiger partial charge in [-0.05, 0) is 65.2 Å². The van der Waals surface area contributed by atoms with Crippen LogP contribution < -0.4 is 4.72 Å². The Morgan fingerprint density at radius 2 is 1.73 bits per heavy atom. The van der Waals surface area contributed by atoms with Crippen molar-refractivity contribution in [2.45, 2.75) is 50.8 Å². The predicted octanol–water partition coefficient (Wildman–Crippen LogP) is 6.96. The molecule has 0 atom stereocenters. The monoisotopic (exact) mass is 416 g/mol. The van der Waals surface area contributed by atoms with E-state index in [2.05, 4.69) is 86.8 Å². The predicted molar refractivity (Wildman–Crippen MR) is 128 cm³/mol. The lowest BCUT2D eigenvalue weighted by atomic mass is 9.87. The highest BCUT2D eigenvalue weighted by Gasteiger charge is 2.16. The van der Waals surface area contributed by atoms with Gasteiger partial charge >= 0.3 is 0 Å². The maximum atomic E-state index is 4.90. The summed E-state index contributed by atoms with van der Waals surface area (Å²) in [6.07, 6.45) is 1.82. The molecule has 0 radical (unpaired) electrons. The summed E-state index contributed by atoms with van der Waals surface area (Å²) in [5.74, 6) is 1.30. The summed E-state index contributed by atoms with van der Waals surface area (Å²) in [4.78, 5) is 5.66. The average Bonchev–Trinajstić information content (AvgIpc) is 3.16. The van der Waals surface area contributed by atoms with Gasteiger partial charge in [-0.25, -0.2) is 4.68 Å². The molecule has 4 nitrogen and oxygen atoms in total. The fraction of sp³-hybridized carbons (Fsp3) is 0.280. The van der Waals surface area contributed by atoms with Gasteiger partial charge in [0.1, 0.15) is 5.82 Å². The molecule has 4 rings (SSSR count). The van der Waals surface area contributed by atoms with Crippen molar-refractivity contribution in [1.29, 1.82) is 0 Å². The number of rotatable bonds is 5. The smallest absolute Gasteiger partial charge is 0.140 e. The highest BCUT2D eigenvalue weighted by atomic mass is 32.2. The lowest BCUT2D eigenvalue weighted by Gasteiger charge is -2.19. The number of nitrogens with one attached hydrogen (secondary N) is 1. The standard InChI is InChI=1S/C25H28N4S/c1-17(2)22-16-24(28-30-19-13-11-18(12-14-19)25(3,4)5)29(27-22)23-10-6-9-21-20(23)8-7-15-26-21/h6-17,28H,1-5H3. The minimum atomic E-state index is 0.157. The molecule has 2 aromatic heterocycles. The van der Waals surface area contributed by atoms with Crippen LogP contribution in [0.4, 0.5) is 5.82 Å². The lowest BCUT2D eigenvalue weighted by molar-refractivity contribution is 0.590. The Labute approximate surface area is 182 Å². The second kappa shape index (κ2) is 8.15. The van der Waals surface area contributed by atoms with Gasteiger partial charge in [0.15, 0.2) is 0 Å². The highest BCUT2D eigenvalue weighted by Crippen LogP contribution is 2.30. The van der Waals surface area contributed by atoms with Gasteiger partial charge in [0.25, 0.3) is 0 Å². The third-order valence-electron chi connectivity index (χ3n) is 5.16. The van der Waals surface area contributed by atoms with E-state index in [9.17, 15) is 0 Å². The molecule has 2 heterocycles. The largest absolute Gasteiger partial charge is 0.310 e. The summed E-state index contributed by atoms with van der Waals surface area (Å²) in [6.45, 7) is 11.0. The number of hydrogen-bond acceptors (Lipinski definition) is 4. The second-order valence-corrected chi connectivity index (χ2v) is 9.73. The van der Waals surface area contributed by atoms with Crippen LogP contribution in [-0.4, -0.2) is 14.8 Å². The first-order chi connectivity index (χ1) is 14.3. The molecule has 2 aromatic carbocycles. The molecule has 0 aliphatic carbocycles. The number of hydrogen-bond donors (Lipinski definition) is 1. The topological polar surface area (TPSA) is 42.7 Å². The van der Waals surface area contributed by atoms with E-state index in [0.717, 1.165) is 28.1 Å². The Morgan fingerprint density at radius 3 is 2.43 bits per heavy atom. The van der Waals surface area contributed by atoms with Gasteiger partial charge in [0, 0.05) is 22.5 Å². The van der Waals surface area contributed by atoms with E-state index in [0.29, 0.717) is 5.92 Å². The van der Waals surface area contributed by atoms with Crippen molar-refractivity contribution in [2.75, 3.05) is 4.72 Å². The first-order valence-corrected chi connectivity index (χ1v) is 11.1. The maximum absolute atomic E-state index is 4.90. The fourth-order valence-electron chi connectivity index (χ4n) is 3.34. The van der Waals surface area contributed by atoms with Crippen LogP contribution >= 0.6 is 11.9 Å². The van der Waals surface area contributed by atoms with Crippen LogP contribution in [0.1, 0.15) is 51.8 Å². The van der Waals surface area contributed by atoms with Crippen molar-refractivity contribution in [1.82, 2.24) is 14.8 Å². The molecule has 1 N–H and O–H groups in total. The van der Waals surface area contributed by atoms with Gasteiger partial charge in [0.05, 0.1) is 16.9 Å². The molecule has 0 bridgehead atoms. The maximum Gasteiger partial charge on any atom is 0.140 e. The zero-order valence-electron chi connectivity index (χ0n) is 18.2. The summed E-state index contributed by atoms with van der Waals surface area (Å²) < 4.78 is 5.52. The molecule has 5 heteroatoms. The molecule has 30 heavy (non-hydrogen) atoms. The van der Waals surface area contributed by atoms with Crippen LogP contribution in [0.3, 0.4) is 0 Å². The highest BCUT2D eigenvalue weighted by molar-refractivity contribution is 8.00. The fourth-order valence-corrected chi connectivity index (χ4v) is 3.98. The first kappa shape index (κ1) is 20.5.